The lowest BCUT2D eigenvalue weighted by Gasteiger charge is -2.10. The minimum Gasteiger partial charge on any atom is -0.496 e. The number of nitrogens with one attached hydrogen (secondary N) is 2. The van der Waals surface area contributed by atoms with Gasteiger partial charge in [-0.2, -0.15) is 0 Å². The molecule has 1 amide bonds. The maximum Gasteiger partial charge on any atom is 0.238 e. The Kier molecular flexibility index (Phi) is 6.62. The largest absolute Gasteiger partial charge is 0.496 e. The predicted octanol–water partition coefficient (Wildman–Crippen LogP) is 3.54. The molecule has 0 unspecified atom stereocenters. The van der Waals surface area contributed by atoms with Gasteiger partial charge < -0.3 is 15.4 Å². The molecular weight excluding hydrogens is 356 g/mol. The minimum atomic E-state index is -0.0459. The third-order valence-corrected chi connectivity index (χ3v) is 4.00. The Morgan fingerprint density at radius 2 is 2.00 bits per heavy atom. The van der Waals surface area contributed by atoms with Crippen LogP contribution in [0.25, 0.3) is 0 Å². The second kappa shape index (κ2) is 8.70. The SMILES string of the molecule is COc1ccccc1CCNCC(=O)Nc1ccc(Br)cc1C. The fourth-order valence-electron chi connectivity index (χ4n) is 2.30. The zero-order chi connectivity index (χ0) is 16.7. The number of aryl methyl sites for hydroxylation is 1. The first-order chi connectivity index (χ1) is 11.1. The molecule has 0 atom stereocenters. The van der Waals surface area contributed by atoms with E-state index in [4.69, 9.17) is 4.74 Å². The molecule has 0 saturated carbocycles. The van der Waals surface area contributed by atoms with Crippen LogP contribution >= 0.6 is 15.9 Å². The van der Waals surface area contributed by atoms with E-state index in [1.54, 1.807) is 7.11 Å². The zero-order valence-corrected chi connectivity index (χ0v) is 14.9. The van der Waals surface area contributed by atoms with E-state index >= 15 is 0 Å². The summed E-state index contributed by atoms with van der Waals surface area (Å²) in [5.41, 5.74) is 3.00. The summed E-state index contributed by atoms with van der Waals surface area (Å²) in [4.78, 5) is 12.0. The number of amides is 1. The lowest BCUT2D eigenvalue weighted by Crippen LogP contribution is -2.29. The van der Waals surface area contributed by atoms with Gasteiger partial charge in [0.15, 0.2) is 0 Å². The number of rotatable bonds is 7. The summed E-state index contributed by atoms with van der Waals surface area (Å²) < 4.78 is 6.32. The van der Waals surface area contributed by atoms with E-state index in [1.165, 1.54) is 0 Å². The van der Waals surface area contributed by atoms with Gasteiger partial charge in [-0.25, -0.2) is 0 Å². The van der Waals surface area contributed by atoms with Gasteiger partial charge in [0.2, 0.25) is 5.91 Å². The normalized spacial score (nSPS) is 10.4. The van der Waals surface area contributed by atoms with Gasteiger partial charge in [0.25, 0.3) is 0 Å². The number of ether oxygens (including phenoxy) is 1. The highest BCUT2D eigenvalue weighted by molar-refractivity contribution is 9.10. The van der Waals surface area contributed by atoms with Crippen molar-refractivity contribution in [2.24, 2.45) is 0 Å². The molecule has 4 nitrogen and oxygen atoms in total. The first kappa shape index (κ1) is 17.5. The highest BCUT2D eigenvalue weighted by atomic mass is 79.9. The van der Waals surface area contributed by atoms with Crippen molar-refractivity contribution in [1.29, 1.82) is 0 Å². The van der Waals surface area contributed by atoms with E-state index in [1.807, 2.05) is 49.4 Å². The molecule has 0 heterocycles. The number of hydrogen-bond acceptors (Lipinski definition) is 3. The lowest BCUT2D eigenvalue weighted by molar-refractivity contribution is -0.115. The van der Waals surface area contributed by atoms with Crippen molar-refractivity contribution in [2.75, 3.05) is 25.5 Å². The minimum absolute atomic E-state index is 0.0459. The van der Waals surface area contributed by atoms with E-state index in [0.717, 1.165) is 33.5 Å². The summed E-state index contributed by atoms with van der Waals surface area (Å²) >= 11 is 3.41. The first-order valence-electron chi connectivity index (χ1n) is 7.49. The highest BCUT2D eigenvalue weighted by Crippen LogP contribution is 2.20. The number of anilines is 1. The molecule has 0 aliphatic carbocycles. The zero-order valence-electron chi connectivity index (χ0n) is 13.4. The number of carbonyl (C=O) groups excluding carboxylic acids is 1. The van der Waals surface area contributed by atoms with Crippen molar-refractivity contribution in [3.63, 3.8) is 0 Å². The summed E-state index contributed by atoms with van der Waals surface area (Å²) in [5, 5.41) is 6.07. The molecule has 5 heteroatoms. The molecule has 0 spiro atoms. The van der Waals surface area contributed by atoms with Crippen LogP contribution < -0.4 is 15.4 Å². The summed E-state index contributed by atoms with van der Waals surface area (Å²) in [6, 6.07) is 13.7. The van der Waals surface area contributed by atoms with Gasteiger partial charge in [-0.3, -0.25) is 4.79 Å². The van der Waals surface area contributed by atoms with E-state index in [9.17, 15) is 4.79 Å². The number of halogens is 1. The van der Waals surface area contributed by atoms with Gasteiger partial charge in [-0.05, 0) is 55.3 Å². The Bertz CT molecular complexity index is 674. The van der Waals surface area contributed by atoms with E-state index in [2.05, 4.69) is 26.6 Å². The molecule has 2 rings (SSSR count). The van der Waals surface area contributed by atoms with Crippen molar-refractivity contribution in [2.45, 2.75) is 13.3 Å². The fraction of sp³-hybridized carbons (Fsp3) is 0.278. The fourth-order valence-corrected chi connectivity index (χ4v) is 2.77. The molecule has 23 heavy (non-hydrogen) atoms. The summed E-state index contributed by atoms with van der Waals surface area (Å²) in [7, 11) is 1.67. The van der Waals surface area contributed by atoms with Gasteiger partial charge >= 0.3 is 0 Å². The average molecular weight is 377 g/mol. The van der Waals surface area contributed by atoms with Crippen LogP contribution in [-0.2, 0) is 11.2 Å². The van der Waals surface area contributed by atoms with Crippen molar-refractivity contribution in [1.82, 2.24) is 5.32 Å². The van der Waals surface area contributed by atoms with E-state index in [0.29, 0.717) is 6.54 Å². The Morgan fingerprint density at radius 3 is 2.74 bits per heavy atom. The number of methoxy groups -OCH3 is 1. The molecule has 0 bridgehead atoms. The predicted molar refractivity (Wildman–Crippen MR) is 97.1 cm³/mol. The first-order valence-corrected chi connectivity index (χ1v) is 8.28. The Labute approximate surface area is 145 Å². The monoisotopic (exact) mass is 376 g/mol. The standard InChI is InChI=1S/C18H21BrN2O2/c1-13-11-15(19)7-8-16(13)21-18(22)12-20-10-9-14-5-3-4-6-17(14)23-2/h3-8,11,20H,9-10,12H2,1-2H3,(H,21,22). The van der Waals surface area contributed by atoms with Gasteiger partial charge in [0.1, 0.15) is 5.75 Å². The van der Waals surface area contributed by atoms with E-state index in [-0.39, 0.29) is 12.5 Å². The Hall–Kier alpha value is -1.85. The molecule has 0 aliphatic rings. The highest BCUT2D eigenvalue weighted by Gasteiger charge is 2.05. The maximum atomic E-state index is 12.0. The molecule has 122 valence electrons. The van der Waals surface area contributed by atoms with Crippen molar-refractivity contribution in [3.05, 3.63) is 58.1 Å². The molecule has 0 fully saturated rings. The van der Waals surface area contributed by atoms with Crippen LogP contribution in [0.1, 0.15) is 11.1 Å². The quantitative estimate of drug-likeness (QED) is 0.726. The van der Waals surface area contributed by atoms with Crippen LogP contribution in [0.2, 0.25) is 0 Å². The van der Waals surface area contributed by atoms with Crippen LogP contribution in [0.5, 0.6) is 5.75 Å². The van der Waals surface area contributed by atoms with Crippen LogP contribution in [0, 0.1) is 6.92 Å². The number of para-hydroxylation sites is 1. The number of carbonyl (C=O) groups is 1. The van der Waals surface area contributed by atoms with Crippen LogP contribution in [0.15, 0.2) is 46.9 Å². The van der Waals surface area contributed by atoms with Gasteiger partial charge in [-0.1, -0.05) is 34.1 Å². The molecule has 2 aromatic rings. The van der Waals surface area contributed by atoms with Gasteiger partial charge in [0.05, 0.1) is 13.7 Å². The topological polar surface area (TPSA) is 50.4 Å². The molecule has 0 radical (unpaired) electrons. The van der Waals surface area contributed by atoms with Crippen molar-refractivity contribution in [3.8, 4) is 5.75 Å². The lowest BCUT2D eigenvalue weighted by atomic mass is 10.1. The second-order valence-electron chi connectivity index (χ2n) is 5.25. The number of benzene rings is 2. The van der Waals surface area contributed by atoms with E-state index < -0.39 is 0 Å². The average Bonchev–Trinajstić information content (AvgIpc) is 2.54. The third kappa shape index (κ3) is 5.37. The van der Waals surface area contributed by atoms with Crippen molar-refractivity contribution >= 4 is 27.5 Å². The Morgan fingerprint density at radius 1 is 1.22 bits per heavy atom. The van der Waals surface area contributed by atoms with Gasteiger partial charge in [-0.15, -0.1) is 0 Å². The number of hydrogen-bond donors (Lipinski definition) is 2. The smallest absolute Gasteiger partial charge is 0.238 e. The third-order valence-electron chi connectivity index (χ3n) is 3.51. The molecule has 2 aromatic carbocycles. The molecule has 2 N–H and O–H groups in total. The molecule has 0 aromatic heterocycles. The van der Waals surface area contributed by atoms with Crippen molar-refractivity contribution < 1.29 is 9.53 Å². The molecular formula is C18H21BrN2O2. The summed E-state index contributed by atoms with van der Waals surface area (Å²) in [6.07, 6.45) is 0.814. The molecule has 0 saturated heterocycles. The second-order valence-corrected chi connectivity index (χ2v) is 6.16. The summed E-state index contributed by atoms with van der Waals surface area (Å²) in [5.74, 6) is 0.833. The van der Waals surface area contributed by atoms with Gasteiger partial charge in [0, 0.05) is 10.2 Å². The Balaban J connectivity index is 1.76. The molecule has 0 aliphatic heterocycles. The van der Waals surface area contributed by atoms with Crippen LogP contribution in [-0.4, -0.2) is 26.1 Å². The summed E-state index contributed by atoms with van der Waals surface area (Å²) in [6.45, 7) is 2.97. The maximum absolute atomic E-state index is 12.0. The van der Waals surface area contributed by atoms with Crippen LogP contribution in [0.4, 0.5) is 5.69 Å². The van der Waals surface area contributed by atoms with Crippen LogP contribution in [0.3, 0.4) is 0 Å².